The Morgan fingerprint density at radius 1 is 1.39 bits per heavy atom. The molecule has 1 aromatic rings. The molecule has 1 amide bonds. The third-order valence-electron chi connectivity index (χ3n) is 3.40. The summed E-state index contributed by atoms with van der Waals surface area (Å²) in [6.07, 6.45) is 3.18. The van der Waals surface area contributed by atoms with E-state index in [9.17, 15) is 4.79 Å². The Labute approximate surface area is 114 Å². The quantitative estimate of drug-likeness (QED) is 0.827. The minimum absolute atomic E-state index is 0.274. The molecule has 0 bridgehead atoms. The van der Waals surface area contributed by atoms with Crippen molar-refractivity contribution in [1.29, 1.82) is 0 Å². The number of amides is 1. The number of hydrogen-bond acceptors (Lipinski definition) is 2. The second-order valence-electron chi connectivity index (χ2n) is 4.76. The number of rotatable bonds is 4. The number of hydrogen-bond donors (Lipinski definition) is 0. The molecule has 1 fully saturated rings. The molecule has 1 heterocycles. The molecule has 0 saturated carbocycles. The van der Waals surface area contributed by atoms with E-state index in [4.69, 9.17) is 0 Å². The Balaban J connectivity index is 1.97. The molecule has 0 aromatic heterocycles. The zero-order valence-electron chi connectivity index (χ0n) is 11.0. The van der Waals surface area contributed by atoms with E-state index in [1.165, 1.54) is 18.6 Å². The third-order valence-corrected chi connectivity index (χ3v) is 4.69. The van der Waals surface area contributed by atoms with E-state index in [2.05, 4.69) is 0 Å². The highest BCUT2D eigenvalue weighted by atomic mass is 32.2. The minimum Gasteiger partial charge on any atom is -0.313 e. The summed E-state index contributed by atoms with van der Waals surface area (Å²) < 4.78 is 0. The van der Waals surface area contributed by atoms with Crippen molar-refractivity contribution in [2.24, 2.45) is 5.92 Å². The molecule has 0 aliphatic carbocycles. The van der Waals surface area contributed by atoms with Crippen LogP contribution in [0.2, 0.25) is 0 Å². The van der Waals surface area contributed by atoms with Gasteiger partial charge in [0.05, 0.1) is 0 Å². The summed E-state index contributed by atoms with van der Waals surface area (Å²) in [5, 5.41) is 0. The van der Waals surface area contributed by atoms with Crippen LogP contribution in [0.1, 0.15) is 26.2 Å². The zero-order valence-corrected chi connectivity index (χ0v) is 11.8. The average molecular weight is 263 g/mol. The number of carbonyl (C=O) groups excluding carboxylic acids is 1. The topological polar surface area (TPSA) is 20.3 Å². The smallest absolute Gasteiger partial charge is 0.227 e. The predicted octanol–water partition coefficient (Wildman–Crippen LogP) is 3.57. The van der Waals surface area contributed by atoms with Crippen LogP contribution in [0.5, 0.6) is 0 Å². The summed E-state index contributed by atoms with van der Waals surface area (Å²) in [5.74, 6) is 3.27. The maximum atomic E-state index is 12.4. The maximum absolute atomic E-state index is 12.4. The van der Waals surface area contributed by atoms with E-state index >= 15 is 0 Å². The lowest BCUT2D eigenvalue weighted by molar-refractivity contribution is -0.119. The Hall–Kier alpha value is -0.960. The van der Waals surface area contributed by atoms with Gasteiger partial charge in [0.15, 0.2) is 0 Å². The van der Waals surface area contributed by atoms with Gasteiger partial charge in [0.25, 0.3) is 0 Å². The molecule has 3 heteroatoms. The lowest BCUT2D eigenvalue weighted by Crippen LogP contribution is -2.32. The van der Waals surface area contributed by atoms with Gasteiger partial charge in [-0.15, -0.1) is 0 Å². The van der Waals surface area contributed by atoms with Crippen molar-refractivity contribution < 1.29 is 4.79 Å². The van der Waals surface area contributed by atoms with Crippen LogP contribution in [-0.2, 0) is 4.79 Å². The van der Waals surface area contributed by atoms with E-state index in [1.807, 2.05) is 53.9 Å². The van der Waals surface area contributed by atoms with Gasteiger partial charge in [-0.3, -0.25) is 4.79 Å². The van der Waals surface area contributed by atoms with Crippen molar-refractivity contribution in [2.45, 2.75) is 26.2 Å². The van der Waals surface area contributed by atoms with E-state index in [0.717, 1.165) is 18.0 Å². The number of nitrogens with zero attached hydrogens (tertiary/aromatic N) is 1. The Morgan fingerprint density at radius 2 is 2.17 bits per heavy atom. The van der Waals surface area contributed by atoms with Crippen molar-refractivity contribution in [3.8, 4) is 0 Å². The molecule has 2 rings (SSSR count). The van der Waals surface area contributed by atoms with Gasteiger partial charge in [-0.05, 0) is 49.3 Å². The van der Waals surface area contributed by atoms with Gasteiger partial charge in [0, 0.05) is 18.7 Å². The molecule has 1 aliphatic heterocycles. The summed E-state index contributed by atoms with van der Waals surface area (Å²) in [7, 11) is 0. The fourth-order valence-electron chi connectivity index (χ4n) is 2.44. The van der Waals surface area contributed by atoms with E-state index in [-0.39, 0.29) is 5.91 Å². The number of thioether (sulfide) groups is 1. The van der Waals surface area contributed by atoms with E-state index in [1.54, 1.807) is 0 Å². The molecule has 1 aromatic carbocycles. The first kappa shape index (κ1) is 13.5. The van der Waals surface area contributed by atoms with Crippen LogP contribution >= 0.6 is 11.8 Å². The molecule has 1 unspecified atom stereocenters. The fourth-order valence-corrected chi connectivity index (χ4v) is 3.59. The first-order valence-electron chi connectivity index (χ1n) is 6.74. The lowest BCUT2D eigenvalue weighted by atomic mass is 10.0. The number of benzene rings is 1. The molecule has 0 spiro atoms. The molecule has 1 saturated heterocycles. The van der Waals surface area contributed by atoms with Crippen molar-refractivity contribution in [1.82, 2.24) is 0 Å². The molecule has 0 N–H and O–H groups in total. The van der Waals surface area contributed by atoms with Crippen molar-refractivity contribution in [2.75, 3.05) is 23.0 Å². The molecular formula is C15H21NOS. The monoisotopic (exact) mass is 263 g/mol. The largest absolute Gasteiger partial charge is 0.313 e. The van der Waals surface area contributed by atoms with Crippen LogP contribution in [0.3, 0.4) is 0 Å². The Morgan fingerprint density at radius 3 is 2.78 bits per heavy atom. The Kier molecular flexibility index (Phi) is 5.12. The predicted molar refractivity (Wildman–Crippen MR) is 79.1 cm³/mol. The van der Waals surface area contributed by atoms with Crippen molar-refractivity contribution >= 4 is 23.4 Å². The lowest BCUT2D eigenvalue weighted by Gasteiger charge is -2.26. The first-order chi connectivity index (χ1) is 8.81. The molecule has 98 valence electrons. The SMILES string of the molecule is CCN(C(=O)CC1CCCSC1)c1ccccc1. The molecule has 2 nitrogen and oxygen atoms in total. The van der Waals surface area contributed by atoms with Crippen molar-refractivity contribution in [3.63, 3.8) is 0 Å². The summed E-state index contributed by atoms with van der Waals surface area (Å²) in [4.78, 5) is 14.3. The van der Waals surface area contributed by atoms with Crippen LogP contribution in [0.4, 0.5) is 5.69 Å². The second-order valence-corrected chi connectivity index (χ2v) is 5.91. The van der Waals surface area contributed by atoms with Gasteiger partial charge in [-0.25, -0.2) is 0 Å². The van der Waals surface area contributed by atoms with Gasteiger partial charge in [-0.2, -0.15) is 11.8 Å². The fraction of sp³-hybridized carbons (Fsp3) is 0.533. The molecule has 0 radical (unpaired) electrons. The molecule has 1 aliphatic rings. The highest BCUT2D eigenvalue weighted by Gasteiger charge is 2.21. The summed E-state index contributed by atoms with van der Waals surface area (Å²) in [6, 6.07) is 9.98. The van der Waals surface area contributed by atoms with Crippen LogP contribution in [-0.4, -0.2) is 24.0 Å². The minimum atomic E-state index is 0.274. The zero-order chi connectivity index (χ0) is 12.8. The average Bonchev–Trinajstić information content (AvgIpc) is 2.42. The van der Waals surface area contributed by atoms with Crippen LogP contribution in [0, 0.1) is 5.92 Å². The van der Waals surface area contributed by atoms with Crippen LogP contribution in [0.25, 0.3) is 0 Å². The number of carbonyl (C=O) groups is 1. The Bertz CT molecular complexity index is 373. The van der Waals surface area contributed by atoms with Gasteiger partial charge in [0.2, 0.25) is 5.91 Å². The summed E-state index contributed by atoms with van der Waals surface area (Å²) in [6.45, 7) is 2.79. The maximum Gasteiger partial charge on any atom is 0.227 e. The number of para-hydroxylation sites is 1. The first-order valence-corrected chi connectivity index (χ1v) is 7.90. The standard InChI is InChI=1S/C15H21NOS/c1-2-16(14-8-4-3-5-9-14)15(17)11-13-7-6-10-18-12-13/h3-5,8-9,13H,2,6-7,10-12H2,1H3. The summed E-state index contributed by atoms with van der Waals surface area (Å²) in [5.41, 5.74) is 1.02. The summed E-state index contributed by atoms with van der Waals surface area (Å²) >= 11 is 1.99. The van der Waals surface area contributed by atoms with Gasteiger partial charge >= 0.3 is 0 Å². The highest BCUT2D eigenvalue weighted by molar-refractivity contribution is 7.99. The van der Waals surface area contributed by atoms with Crippen LogP contribution < -0.4 is 4.90 Å². The normalized spacial score (nSPS) is 19.5. The van der Waals surface area contributed by atoms with Gasteiger partial charge in [0.1, 0.15) is 0 Å². The molecule has 1 atom stereocenters. The van der Waals surface area contributed by atoms with Gasteiger partial charge < -0.3 is 4.90 Å². The van der Waals surface area contributed by atoms with Crippen molar-refractivity contribution in [3.05, 3.63) is 30.3 Å². The van der Waals surface area contributed by atoms with Gasteiger partial charge in [-0.1, -0.05) is 18.2 Å². The number of anilines is 1. The van der Waals surface area contributed by atoms with E-state index in [0.29, 0.717) is 12.3 Å². The second kappa shape index (κ2) is 6.83. The van der Waals surface area contributed by atoms with E-state index < -0.39 is 0 Å². The molecular weight excluding hydrogens is 242 g/mol. The highest BCUT2D eigenvalue weighted by Crippen LogP contribution is 2.26. The molecule has 18 heavy (non-hydrogen) atoms. The third kappa shape index (κ3) is 3.52. The van der Waals surface area contributed by atoms with Crippen LogP contribution in [0.15, 0.2) is 30.3 Å².